The van der Waals surface area contributed by atoms with Gasteiger partial charge in [0.25, 0.3) is 0 Å². The molecule has 0 saturated heterocycles. The van der Waals surface area contributed by atoms with Crippen LogP contribution in [0.5, 0.6) is 0 Å². The van der Waals surface area contributed by atoms with E-state index in [1.165, 1.54) is 13.3 Å². The second kappa shape index (κ2) is 6.62. The summed E-state index contributed by atoms with van der Waals surface area (Å²) in [5.74, 6) is 0.338. The summed E-state index contributed by atoms with van der Waals surface area (Å²) in [6.45, 7) is 1.17. The minimum atomic E-state index is -0.499. The largest absolute Gasteiger partial charge is 0.457 e. The second-order valence-corrected chi connectivity index (χ2v) is 9.45. The van der Waals surface area contributed by atoms with Crippen molar-refractivity contribution in [2.45, 2.75) is 50.3 Å². The Morgan fingerprint density at radius 3 is 2.30 bits per heavy atom. The van der Waals surface area contributed by atoms with Gasteiger partial charge >= 0.3 is 5.97 Å². The lowest BCUT2D eigenvalue weighted by molar-refractivity contribution is -0.168. The Morgan fingerprint density at radius 2 is 1.74 bits per heavy atom. The summed E-state index contributed by atoms with van der Waals surface area (Å²) in [5.41, 5.74) is 0.578. The SMILES string of the molecule is CC(=O)Nc1ccc(C(=O)COC(=O)C23C[C@@H]4C[C@@H](CC(Cl)(C4)C2)C3)cc1. The first-order valence-electron chi connectivity index (χ1n) is 9.54. The third kappa shape index (κ3) is 3.62. The summed E-state index contributed by atoms with van der Waals surface area (Å²) in [5, 5.41) is 2.65. The smallest absolute Gasteiger partial charge is 0.312 e. The van der Waals surface area contributed by atoms with Gasteiger partial charge in [-0.1, -0.05) is 0 Å². The molecule has 4 saturated carbocycles. The summed E-state index contributed by atoms with van der Waals surface area (Å²) in [6, 6.07) is 6.57. The first-order valence-corrected chi connectivity index (χ1v) is 9.92. The topological polar surface area (TPSA) is 72.5 Å². The number of carbonyl (C=O) groups is 3. The van der Waals surface area contributed by atoms with E-state index in [0.717, 1.165) is 25.7 Å². The molecule has 4 aliphatic rings. The first kappa shape index (κ1) is 18.5. The molecule has 1 amide bonds. The highest BCUT2D eigenvalue weighted by Crippen LogP contribution is 2.64. The van der Waals surface area contributed by atoms with Gasteiger partial charge in [-0.25, -0.2) is 0 Å². The van der Waals surface area contributed by atoms with Gasteiger partial charge in [0, 0.05) is 23.0 Å². The van der Waals surface area contributed by atoms with Gasteiger partial charge in [-0.05, 0) is 74.6 Å². The molecule has 0 heterocycles. The Kier molecular flexibility index (Phi) is 4.53. The molecule has 0 spiro atoms. The molecular formula is C21H24ClNO4. The van der Waals surface area contributed by atoms with Crippen LogP contribution in [0.4, 0.5) is 5.69 Å². The maximum Gasteiger partial charge on any atom is 0.312 e. The van der Waals surface area contributed by atoms with E-state index in [9.17, 15) is 14.4 Å². The number of amides is 1. The zero-order chi connectivity index (χ0) is 19.2. The third-order valence-corrected chi connectivity index (χ3v) is 6.73. The maximum atomic E-state index is 12.9. The fourth-order valence-corrected chi connectivity index (χ4v) is 6.39. The van der Waals surface area contributed by atoms with Crippen molar-refractivity contribution >= 4 is 34.9 Å². The van der Waals surface area contributed by atoms with Gasteiger partial charge in [-0.2, -0.15) is 0 Å². The highest BCUT2D eigenvalue weighted by atomic mass is 35.5. The predicted octanol–water partition coefficient (Wildman–Crippen LogP) is 3.95. The molecule has 5 nitrogen and oxygen atoms in total. The Balaban J connectivity index is 1.38. The molecule has 0 aliphatic heterocycles. The van der Waals surface area contributed by atoms with Gasteiger partial charge in [0.1, 0.15) is 0 Å². The molecule has 4 aliphatic carbocycles. The molecule has 1 N–H and O–H groups in total. The van der Waals surface area contributed by atoms with Crippen LogP contribution in [0.25, 0.3) is 0 Å². The molecule has 6 heteroatoms. The van der Waals surface area contributed by atoms with E-state index in [1.54, 1.807) is 24.3 Å². The van der Waals surface area contributed by atoms with E-state index in [0.29, 0.717) is 29.5 Å². The number of hydrogen-bond acceptors (Lipinski definition) is 4. The summed E-state index contributed by atoms with van der Waals surface area (Å²) < 4.78 is 5.47. The number of esters is 1. The van der Waals surface area contributed by atoms with Crippen molar-refractivity contribution in [3.8, 4) is 0 Å². The molecule has 1 aromatic carbocycles. The van der Waals surface area contributed by atoms with Crippen molar-refractivity contribution in [1.82, 2.24) is 0 Å². The summed E-state index contributed by atoms with van der Waals surface area (Å²) in [7, 11) is 0. The van der Waals surface area contributed by atoms with Gasteiger partial charge < -0.3 is 10.1 Å². The lowest BCUT2D eigenvalue weighted by atomic mass is 9.49. The molecular weight excluding hydrogens is 366 g/mol. The number of anilines is 1. The zero-order valence-electron chi connectivity index (χ0n) is 15.4. The number of carbonyl (C=O) groups excluding carboxylic acids is 3. The minimum Gasteiger partial charge on any atom is -0.457 e. The third-order valence-electron chi connectivity index (χ3n) is 6.28. The van der Waals surface area contributed by atoms with E-state index in [2.05, 4.69) is 5.32 Å². The van der Waals surface area contributed by atoms with Crippen molar-refractivity contribution in [1.29, 1.82) is 0 Å². The summed E-state index contributed by atoms with van der Waals surface area (Å²) in [6.07, 6.45) is 5.53. The Hall–Kier alpha value is -1.88. The Labute approximate surface area is 163 Å². The van der Waals surface area contributed by atoms with Crippen LogP contribution in [-0.4, -0.2) is 29.1 Å². The average molecular weight is 390 g/mol. The molecule has 4 fully saturated rings. The van der Waals surface area contributed by atoms with Crippen LogP contribution in [0, 0.1) is 17.3 Å². The first-order chi connectivity index (χ1) is 12.8. The maximum absolute atomic E-state index is 12.9. The average Bonchev–Trinajstić information content (AvgIpc) is 2.57. The standard InChI is InChI=1S/C21H24ClNO4/c1-13(24)23-17-4-2-16(3-5-17)18(25)11-27-19(26)20-7-14-6-15(8-20)10-21(22,9-14)12-20/h2-5,14-15H,6-12H2,1H3,(H,23,24)/t14-,15+,20?,21?. The van der Waals surface area contributed by atoms with Crippen LogP contribution < -0.4 is 5.32 Å². The number of hydrogen-bond donors (Lipinski definition) is 1. The van der Waals surface area contributed by atoms with Gasteiger partial charge in [-0.15, -0.1) is 11.6 Å². The fraction of sp³-hybridized carbons (Fsp3) is 0.571. The normalized spacial score (nSPS) is 33.6. The Morgan fingerprint density at radius 1 is 1.11 bits per heavy atom. The van der Waals surface area contributed by atoms with Crippen molar-refractivity contribution in [2.24, 2.45) is 17.3 Å². The number of nitrogens with one attached hydrogen (secondary N) is 1. The number of alkyl halides is 1. The van der Waals surface area contributed by atoms with Gasteiger partial charge in [0.15, 0.2) is 12.4 Å². The zero-order valence-corrected chi connectivity index (χ0v) is 16.2. The highest BCUT2D eigenvalue weighted by molar-refractivity contribution is 6.24. The number of rotatable bonds is 5. The van der Waals surface area contributed by atoms with E-state index in [-0.39, 0.29) is 29.1 Å². The molecule has 0 aromatic heterocycles. The second-order valence-electron chi connectivity index (χ2n) is 8.65. The van der Waals surface area contributed by atoms with Crippen LogP contribution in [0.3, 0.4) is 0 Å². The van der Waals surface area contributed by atoms with Gasteiger partial charge in [-0.3, -0.25) is 14.4 Å². The fourth-order valence-electron chi connectivity index (χ4n) is 5.70. The quantitative estimate of drug-likeness (QED) is 0.470. The van der Waals surface area contributed by atoms with Gasteiger partial charge in [0.05, 0.1) is 5.41 Å². The molecule has 144 valence electrons. The van der Waals surface area contributed by atoms with Crippen LogP contribution in [-0.2, 0) is 14.3 Å². The van der Waals surface area contributed by atoms with Crippen LogP contribution in [0.1, 0.15) is 55.8 Å². The molecule has 27 heavy (non-hydrogen) atoms. The minimum absolute atomic E-state index is 0.171. The van der Waals surface area contributed by atoms with Crippen molar-refractivity contribution in [2.75, 3.05) is 11.9 Å². The van der Waals surface area contributed by atoms with Gasteiger partial charge in [0.2, 0.25) is 5.91 Å². The number of Topliss-reactive ketones (excluding diaryl/α,β-unsaturated/α-hetero) is 1. The number of ketones is 1. The number of halogens is 1. The molecule has 4 bridgehead atoms. The van der Waals surface area contributed by atoms with E-state index in [4.69, 9.17) is 16.3 Å². The van der Waals surface area contributed by atoms with E-state index < -0.39 is 5.41 Å². The van der Waals surface area contributed by atoms with Crippen LogP contribution in [0.2, 0.25) is 0 Å². The monoisotopic (exact) mass is 389 g/mol. The lowest BCUT2D eigenvalue weighted by Gasteiger charge is -2.58. The number of benzene rings is 1. The molecule has 1 aromatic rings. The molecule has 5 rings (SSSR count). The van der Waals surface area contributed by atoms with E-state index >= 15 is 0 Å². The molecule has 4 atom stereocenters. The molecule has 2 unspecified atom stereocenters. The summed E-state index contributed by atoms with van der Waals surface area (Å²) in [4.78, 5) is 36.0. The van der Waals surface area contributed by atoms with Crippen molar-refractivity contribution in [3.63, 3.8) is 0 Å². The lowest BCUT2D eigenvalue weighted by Crippen LogP contribution is -2.56. The van der Waals surface area contributed by atoms with Crippen LogP contribution >= 0.6 is 11.6 Å². The Bertz CT molecular complexity index is 774. The van der Waals surface area contributed by atoms with E-state index in [1.807, 2.05) is 0 Å². The van der Waals surface area contributed by atoms with Crippen molar-refractivity contribution in [3.05, 3.63) is 29.8 Å². The van der Waals surface area contributed by atoms with Crippen molar-refractivity contribution < 1.29 is 19.1 Å². The summed E-state index contributed by atoms with van der Waals surface area (Å²) >= 11 is 6.77. The molecule has 0 radical (unpaired) electrons. The van der Waals surface area contributed by atoms with Crippen LogP contribution in [0.15, 0.2) is 24.3 Å². The highest BCUT2D eigenvalue weighted by Gasteiger charge is 2.60. The predicted molar refractivity (Wildman–Crippen MR) is 102 cm³/mol. The number of ether oxygens (including phenoxy) is 1.